The van der Waals surface area contributed by atoms with Gasteiger partial charge in [-0.15, -0.1) is 10.2 Å². The van der Waals surface area contributed by atoms with E-state index in [1.807, 2.05) is 42.6 Å². The van der Waals surface area contributed by atoms with Gasteiger partial charge in [0.1, 0.15) is 5.75 Å². The van der Waals surface area contributed by atoms with E-state index in [1.54, 1.807) is 7.11 Å². The molecule has 4 aromatic rings. The number of nitrogens with zero attached hydrogens (tertiary/aromatic N) is 3. The maximum absolute atomic E-state index is 12.4. The number of carbonyl (C=O) groups excluding carboxylic acids is 1. The fourth-order valence-corrected chi connectivity index (χ4v) is 4.44. The zero-order valence-corrected chi connectivity index (χ0v) is 18.0. The third-order valence-electron chi connectivity index (χ3n) is 5.39. The molecule has 1 aliphatic rings. The fraction of sp³-hybridized carbons (Fsp3) is 0.261. The van der Waals surface area contributed by atoms with Gasteiger partial charge in [-0.25, -0.2) is 0 Å². The number of thioether (sulfide) groups is 1. The van der Waals surface area contributed by atoms with Gasteiger partial charge in [0.15, 0.2) is 11.0 Å². The molecule has 1 saturated carbocycles. The molecule has 2 aromatic carbocycles. The molecule has 0 radical (unpaired) electrons. The van der Waals surface area contributed by atoms with Crippen LogP contribution in [0.5, 0.6) is 5.75 Å². The molecule has 0 atom stereocenters. The van der Waals surface area contributed by atoms with Crippen LogP contribution in [0.4, 0.5) is 0 Å². The summed E-state index contributed by atoms with van der Waals surface area (Å²) in [6, 6.07) is 16.3. The normalized spacial score (nSPS) is 13.5. The van der Waals surface area contributed by atoms with Crippen molar-refractivity contribution in [1.29, 1.82) is 0 Å². The molecule has 158 valence electrons. The molecule has 1 fully saturated rings. The van der Waals surface area contributed by atoms with Crippen LogP contribution in [0.1, 0.15) is 24.4 Å². The van der Waals surface area contributed by atoms with E-state index < -0.39 is 0 Å². The topological polar surface area (TPSA) is 84.8 Å². The van der Waals surface area contributed by atoms with Crippen molar-refractivity contribution in [2.24, 2.45) is 0 Å². The first kappa shape index (κ1) is 19.7. The van der Waals surface area contributed by atoms with Crippen molar-refractivity contribution < 1.29 is 9.53 Å². The SMILES string of the molecule is COc1ccc(CNC(=O)CSc2nnc(-c3c[nH]c4ccccc34)n2C2CC2)cc1. The Bertz CT molecular complexity index is 1210. The van der Waals surface area contributed by atoms with E-state index in [-0.39, 0.29) is 5.91 Å². The second kappa shape index (κ2) is 8.47. The van der Waals surface area contributed by atoms with Crippen LogP contribution in [0.2, 0.25) is 0 Å². The second-order valence-electron chi connectivity index (χ2n) is 7.57. The van der Waals surface area contributed by atoms with E-state index >= 15 is 0 Å². The maximum atomic E-state index is 12.4. The Balaban J connectivity index is 1.27. The average Bonchev–Trinajstić information content (AvgIpc) is 3.42. The number of ether oxygens (including phenoxy) is 1. The highest BCUT2D eigenvalue weighted by atomic mass is 32.2. The van der Waals surface area contributed by atoms with E-state index in [0.29, 0.717) is 18.3 Å². The van der Waals surface area contributed by atoms with Crippen LogP contribution in [0.3, 0.4) is 0 Å². The minimum atomic E-state index is -0.0280. The van der Waals surface area contributed by atoms with Crippen molar-refractivity contribution in [2.45, 2.75) is 30.6 Å². The molecule has 2 N–H and O–H groups in total. The Morgan fingerprint density at radius 3 is 2.77 bits per heavy atom. The van der Waals surface area contributed by atoms with Crippen molar-refractivity contribution in [3.8, 4) is 17.1 Å². The van der Waals surface area contributed by atoms with Crippen molar-refractivity contribution in [2.75, 3.05) is 12.9 Å². The van der Waals surface area contributed by atoms with Crippen molar-refractivity contribution in [3.63, 3.8) is 0 Å². The summed E-state index contributed by atoms with van der Waals surface area (Å²) in [6.07, 6.45) is 4.22. The summed E-state index contributed by atoms with van der Waals surface area (Å²) in [5, 5.41) is 13.8. The molecule has 5 rings (SSSR count). The number of para-hydroxylation sites is 1. The van der Waals surface area contributed by atoms with Gasteiger partial charge in [0.25, 0.3) is 0 Å². The van der Waals surface area contributed by atoms with Gasteiger partial charge in [0.2, 0.25) is 5.91 Å². The van der Waals surface area contributed by atoms with E-state index in [9.17, 15) is 4.79 Å². The molecule has 0 aliphatic heterocycles. The molecule has 1 amide bonds. The van der Waals surface area contributed by atoms with Crippen molar-refractivity contribution in [1.82, 2.24) is 25.1 Å². The standard InChI is InChI=1S/C23H23N5O2S/c1-30-17-10-6-15(7-11-17)12-25-21(29)14-31-23-27-26-22(28(23)16-8-9-16)19-13-24-20-5-3-2-4-18(19)20/h2-7,10-11,13,16,24H,8-9,12,14H2,1H3,(H,25,29). The van der Waals surface area contributed by atoms with Gasteiger partial charge in [0, 0.05) is 35.2 Å². The van der Waals surface area contributed by atoms with Gasteiger partial charge < -0.3 is 15.0 Å². The molecular weight excluding hydrogens is 410 g/mol. The van der Waals surface area contributed by atoms with Crippen LogP contribution in [-0.2, 0) is 11.3 Å². The fourth-order valence-electron chi connectivity index (χ4n) is 3.60. The summed E-state index contributed by atoms with van der Waals surface area (Å²) in [5.74, 6) is 1.94. The molecule has 0 saturated heterocycles. The van der Waals surface area contributed by atoms with Gasteiger partial charge in [-0.1, -0.05) is 42.1 Å². The van der Waals surface area contributed by atoms with Crippen molar-refractivity contribution in [3.05, 3.63) is 60.3 Å². The monoisotopic (exact) mass is 433 g/mol. The summed E-state index contributed by atoms with van der Waals surface area (Å²) in [5.41, 5.74) is 3.16. The maximum Gasteiger partial charge on any atom is 0.230 e. The molecule has 31 heavy (non-hydrogen) atoms. The van der Waals surface area contributed by atoms with Crippen LogP contribution < -0.4 is 10.1 Å². The lowest BCUT2D eigenvalue weighted by atomic mass is 10.1. The Morgan fingerprint density at radius 2 is 2.00 bits per heavy atom. The Kier molecular flexibility index (Phi) is 5.38. The van der Waals surface area contributed by atoms with Gasteiger partial charge in [0.05, 0.1) is 12.9 Å². The number of benzene rings is 2. The predicted molar refractivity (Wildman–Crippen MR) is 121 cm³/mol. The first-order valence-electron chi connectivity index (χ1n) is 10.3. The van der Waals surface area contributed by atoms with Crippen LogP contribution in [-0.4, -0.2) is 38.5 Å². The van der Waals surface area contributed by atoms with Crippen LogP contribution in [0, 0.1) is 0 Å². The first-order chi connectivity index (χ1) is 15.2. The molecule has 2 heterocycles. The zero-order chi connectivity index (χ0) is 21.2. The molecular formula is C23H23N5O2S. The van der Waals surface area contributed by atoms with Gasteiger partial charge in [-0.05, 0) is 36.6 Å². The summed E-state index contributed by atoms with van der Waals surface area (Å²) in [4.78, 5) is 15.7. The molecule has 0 unspecified atom stereocenters. The molecule has 7 nitrogen and oxygen atoms in total. The Labute approximate surface area is 184 Å². The lowest BCUT2D eigenvalue weighted by Gasteiger charge is -2.09. The number of carbonyl (C=O) groups is 1. The summed E-state index contributed by atoms with van der Waals surface area (Å²) in [6.45, 7) is 0.485. The number of aromatic amines is 1. The number of rotatable bonds is 8. The number of nitrogens with one attached hydrogen (secondary N) is 2. The highest BCUT2D eigenvalue weighted by Gasteiger charge is 2.31. The smallest absolute Gasteiger partial charge is 0.230 e. The highest BCUT2D eigenvalue weighted by molar-refractivity contribution is 7.99. The van der Waals surface area contributed by atoms with E-state index in [4.69, 9.17) is 4.74 Å². The minimum absolute atomic E-state index is 0.0280. The molecule has 0 bridgehead atoms. The first-order valence-corrected chi connectivity index (χ1v) is 11.3. The number of H-pyrrole nitrogens is 1. The molecule has 0 spiro atoms. The molecule has 1 aliphatic carbocycles. The van der Waals surface area contributed by atoms with Gasteiger partial charge >= 0.3 is 0 Å². The van der Waals surface area contributed by atoms with Crippen LogP contribution in [0.25, 0.3) is 22.3 Å². The Morgan fingerprint density at radius 1 is 1.19 bits per heavy atom. The summed E-state index contributed by atoms with van der Waals surface area (Å²) < 4.78 is 7.35. The lowest BCUT2D eigenvalue weighted by Crippen LogP contribution is -2.24. The van der Waals surface area contributed by atoms with Crippen LogP contribution in [0.15, 0.2) is 59.9 Å². The van der Waals surface area contributed by atoms with Gasteiger partial charge in [-0.2, -0.15) is 0 Å². The predicted octanol–water partition coefficient (Wildman–Crippen LogP) is 4.18. The lowest BCUT2D eigenvalue weighted by molar-refractivity contribution is -0.118. The number of hydrogen-bond donors (Lipinski definition) is 2. The number of fused-ring (bicyclic) bond motifs is 1. The van der Waals surface area contributed by atoms with E-state index in [2.05, 4.69) is 37.2 Å². The third-order valence-corrected chi connectivity index (χ3v) is 6.33. The average molecular weight is 434 g/mol. The van der Waals surface area contributed by atoms with Gasteiger partial charge in [-0.3, -0.25) is 9.36 Å². The van der Waals surface area contributed by atoms with Crippen LogP contribution >= 0.6 is 11.8 Å². The number of amides is 1. The molecule has 2 aromatic heterocycles. The summed E-state index contributed by atoms with van der Waals surface area (Å²) in [7, 11) is 1.64. The third kappa shape index (κ3) is 4.16. The number of aromatic nitrogens is 4. The number of methoxy groups -OCH3 is 1. The largest absolute Gasteiger partial charge is 0.497 e. The minimum Gasteiger partial charge on any atom is -0.497 e. The molecule has 8 heteroatoms. The second-order valence-corrected chi connectivity index (χ2v) is 8.51. The van der Waals surface area contributed by atoms with E-state index in [0.717, 1.165) is 51.6 Å². The van der Waals surface area contributed by atoms with E-state index in [1.165, 1.54) is 11.8 Å². The number of hydrogen-bond acceptors (Lipinski definition) is 5. The van der Waals surface area contributed by atoms with Crippen molar-refractivity contribution >= 4 is 28.6 Å². The highest BCUT2D eigenvalue weighted by Crippen LogP contribution is 2.42. The Hall–Kier alpha value is -3.26. The summed E-state index contributed by atoms with van der Waals surface area (Å²) >= 11 is 1.44. The quantitative estimate of drug-likeness (QED) is 0.407. The zero-order valence-electron chi connectivity index (χ0n) is 17.2.